The molecule has 1 aromatic heterocycles. The van der Waals surface area contributed by atoms with Gasteiger partial charge >= 0.3 is 0 Å². The van der Waals surface area contributed by atoms with Gasteiger partial charge in [-0.25, -0.2) is 8.42 Å². The molecule has 3 aromatic rings. The molecule has 0 saturated carbocycles. The van der Waals surface area contributed by atoms with Gasteiger partial charge in [-0.1, -0.05) is 17.7 Å². The maximum Gasteiger partial charge on any atom is 0.208 e. The number of rotatable bonds is 3. The number of aromatic nitrogens is 1. The number of sulfone groups is 1. The van der Waals surface area contributed by atoms with Crippen LogP contribution in [-0.2, 0) is 9.84 Å². The average molecular weight is 446 g/mol. The minimum atomic E-state index is -3.68. The van der Waals surface area contributed by atoms with Crippen LogP contribution in [0.2, 0.25) is 5.02 Å². The fourth-order valence-electron chi connectivity index (χ4n) is 4.13. The Labute approximate surface area is 183 Å². The van der Waals surface area contributed by atoms with Crippen molar-refractivity contribution in [1.82, 2.24) is 9.88 Å². The number of anilines is 1. The van der Waals surface area contributed by atoms with Gasteiger partial charge in [0.2, 0.25) is 9.84 Å². The number of nitrogens with zero attached hydrogens (tertiary/aromatic N) is 2. The smallest absolute Gasteiger partial charge is 0.208 e. The molecule has 2 aromatic carbocycles. The summed E-state index contributed by atoms with van der Waals surface area (Å²) in [7, 11) is -3.68. The Morgan fingerprint density at radius 3 is 2.37 bits per heavy atom. The van der Waals surface area contributed by atoms with E-state index in [2.05, 4.69) is 35.6 Å². The van der Waals surface area contributed by atoms with E-state index in [1.54, 1.807) is 30.5 Å². The molecule has 2 heterocycles. The van der Waals surface area contributed by atoms with E-state index in [0.717, 1.165) is 42.9 Å². The molecule has 7 heteroatoms. The van der Waals surface area contributed by atoms with E-state index in [4.69, 9.17) is 11.6 Å². The first-order chi connectivity index (χ1) is 14.1. The van der Waals surface area contributed by atoms with Crippen molar-refractivity contribution >= 4 is 38.0 Å². The molecule has 160 valence electrons. The van der Waals surface area contributed by atoms with E-state index in [-0.39, 0.29) is 10.4 Å². The highest BCUT2D eigenvalue weighted by Crippen LogP contribution is 2.33. The van der Waals surface area contributed by atoms with Crippen LogP contribution in [0.3, 0.4) is 0 Å². The summed E-state index contributed by atoms with van der Waals surface area (Å²) in [5.74, 6) is 0. The Kier molecular flexibility index (Phi) is 5.37. The monoisotopic (exact) mass is 445 g/mol. The molecule has 4 rings (SSSR count). The van der Waals surface area contributed by atoms with Crippen molar-refractivity contribution in [3.05, 3.63) is 53.2 Å². The quantitative estimate of drug-likeness (QED) is 0.624. The van der Waals surface area contributed by atoms with Gasteiger partial charge in [0, 0.05) is 59.5 Å². The van der Waals surface area contributed by atoms with E-state index in [1.807, 2.05) is 19.1 Å². The highest BCUT2D eigenvalue weighted by atomic mass is 35.5. The Balaban J connectivity index is 1.68. The number of hydrogen-bond donors (Lipinski definition) is 1. The minimum absolute atomic E-state index is 0.142. The van der Waals surface area contributed by atoms with Crippen LogP contribution < -0.4 is 4.90 Å². The van der Waals surface area contributed by atoms with Crippen molar-refractivity contribution in [3.63, 3.8) is 0 Å². The van der Waals surface area contributed by atoms with Crippen molar-refractivity contribution < 1.29 is 8.42 Å². The Bertz CT molecular complexity index is 1190. The van der Waals surface area contributed by atoms with Gasteiger partial charge in [0.05, 0.1) is 9.79 Å². The van der Waals surface area contributed by atoms with Crippen LogP contribution >= 0.6 is 11.6 Å². The predicted molar refractivity (Wildman–Crippen MR) is 123 cm³/mol. The van der Waals surface area contributed by atoms with E-state index < -0.39 is 9.84 Å². The Morgan fingerprint density at radius 1 is 1.00 bits per heavy atom. The summed E-state index contributed by atoms with van der Waals surface area (Å²) < 4.78 is 26.9. The van der Waals surface area contributed by atoms with Crippen molar-refractivity contribution in [2.45, 2.75) is 43.0 Å². The molecule has 0 radical (unpaired) electrons. The number of halogens is 1. The maximum atomic E-state index is 13.5. The number of fused-ring (bicyclic) bond motifs is 1. The number of aromatic amines is 1. The van der Waals surface area contributed by atoms with Gasteiger partial charge < -0.3 is 9.88 Å². The van der Waals surface area contributed by atoms with Crippen LogP contribution in [0.1, 0.15) is 26.3 Å². The second kappa shape index (κ2) is 7.59. The summed E-state index contributed by atoms with van der Waals surface area (Å²) in [5.41, 5.74) is 2.97. The topological polar surface area (TPSA) is 56.4 Å². The van der Waals surface area contributed by atoms with Gasteiger partial charge in [-0.05, 0) is 63.6 Å². The van der Waals surface area contributed by atoms with Gasteiger partial charge in [-0.15, -0.1) is 0 Å². The summed E-state index contributed by atoms with van der Waals surface area (Å²) in [4.78, 5) is 8.37. The zero-order valence-electron chi connectivity index (χ0n) is 17.9. The molecule has 30 heavy (non-hydrogen) atoms. The van der Waals surface area contributed by atoms with Crippen LogP contribution in [-0.4, -0.2) is 50.0 Å². The molecule has 0 aliphatic carbocycles. The van der Waals surface area contributed by atoms with Crippen molar-refractivity contribution in [2.75, 3.05) is 31.1 Å². The van der Waals surface area contributed by atoms with Gasteiger partial charge in [0.15, 0.2) is 0 Å². The van der Waals surface area contributed by atoms with Crippen molar-refractivity contribution in [1.29, 1.82) is 0 Å². The molecule has 1 aliphatic heterocycles. The van der Waals surface area contributed by atoms with Gasteiger partial charge in [0.1, 0.15) is 0 Å². The largest absolute Gasteiger partial charge is 0.369 e. The summed E-state index contributed by atoms with van der Waals surface area (Å²) in [5, 5.41) is 1.13. The maximum absolute atomic E-state index is 13.5. The predicted octanol–water partition coefficient (Wildman–Crippen LogP) is 4.88. The molecule has 0 bridgehead atoms. The van der Waals surface area contributed by atoms with E-state index in [0.29, 0.717) is 15.3 Å². The van der Waals surface area contributed by atoms with E-state index >= 15 is 0 Å². The number of benzene rings is 2. The van der Waals surface area contributed by atoms with E-state index in [1.165, 1.54) is 0 Å². The second-order valence-electron chi connectivity index (χ2n) is 8.94. The zero-order chi connectivity index (χ0) is 21.7. The Morgan fingerprint density at radius 2 is 1.70 bits per heavy atom. The number of H-pyrrole nitrogens is 1. The Hall–Kier alpha value is -2.02. The standard InChI is InChI=1S/C23H28ClN3O2S/c1-16-5-7-18(14-21(16)26-9-11-27(12-10-26)23(2,3)4)30(28,29)22-15-25-20-8-6-17(24)13-19(20)22/h5-8,13-15,25H,9-12H2,1-4H3. The first-order valence-electron chi connectivity index (χ1n) is 10.2. The fraction of sp³-hybridized carbons (Fsp3) is 0.391. The molecule has 1 fully saturated rings. The fourth-order valence-corrected chi connectivity index (χ4v) is 5.74. The summed E-state index contributed by atoms with van der Waals surface area (Å²) >= 11 is 6.12. The van der Waals surface area contributed by atoms with Crippen molar-refractivity contribution in [2.24, 2.45) is 0 Å². The van der Waals surface area contributed by atoms with Crippen LogP contribution in [0.5, 0.6) is 0 Å². The summed E-state index contributed by atoms with van der Waals surface area (Å²) in [6, 6.07) is 10.7. The van der Waals surface area contributed by atoms with Crippen LogP contribution in [0.15, 0.2) is 52.4 Å². The molecule has 1 saturated heterocycles. The minimum Gasteiger partial charge on any atom is -0.369 e. The molecule has 0 atom stereocenters. The van der Waals surface area contributed by atoms with Gasteiger partial charge in [-0.3, -0.25) is 4.90 Å². The number of nitrogens with one attached hydrogen (secondary N) is 1. The first-order valence-corrected chi connectivity index (χ1v) is 12.1. The third-order valence-electron chi connectivity index (χ3n) is 5.96. The summed E-state index contributed by atoms with van der Waals surface area (Å²) in [6.45, 7) is 12.4. The number of piperazine rings is 1. The molecule has 5 nitrogen and oxygen atoms in total. The van der Waals surface area contributed by atoms with Gasteiger partial charge in [-0.2, -0.15) is 0 Å². The molecule has 1 aliphatic rings. The van der Waals surface area contributed by atoms with Crippen molar-refractivity contribution in [3.8, 4) is 0 Å². The highest BCUT2D eigenvalue weighted by Gasteiger charge is 2.28. The first kappa shape index (κ1) is 21.2. The second-order valence-corrected chi connectivity index (χ2v) is 11.3. The van der Waals surface area contributed by atoms with Crippen LogP contribution in [0.25, 0.3) is 10.9 Å². The zero-order valence-corrected chi connectivity index (χ0v) is 19.4. The lowest BCUT2D eigenvalue weighted by atomic mass is 10.0. The van der Waals surface area contributed by atoms with Gasteiger partial charge in [0.25, 0.3) is 0 Å². The lowest BCUT2D eigenvalue weighted by Crippen LogP contribution is -2.53. The molecule has 0 unspecified atom stereocenters. The summed E-state index contributed by atoms with van der Waals surface area (Å²) in [6.07, 6.45) is 1.55. The number of aryl methyl sites for hydroxylation is 1. The third-order valence-corrected chi connectivity index (χ3v) is 7.98. The van der Waals surface area contributed by atoms with E-state index in [9.17, 15) is 8.42 Å². The lowest BCUT2D eigenvalue weighted by molar-refractivity contribution is 0.128. The highest BCUT2D eigenvalue weighted by molar-refractivity contribution is 7.91. The normalized spacial score (nSPS) is 16.4. The molecular weight excluding hydrogens is 418 g/mol. The molecule has 0 spiro atoms. The third kappa shape index (κ3) is 3.84. The lowest BCUT2D eigenvalue weighted by Gasteiger charge is -2.43. The number of hydrogen-bond acceptors (Lipinski definition) is 4. The molecule has 0 amide bonds. The average Bonchev–Trinajstić information content (AvgIpc) is 3.11. The molecule has 1 N–H and O–H groups in total. The molecular formula is C23H28ClN3O2S. The van der Waals surface area contributed by atoms with Crippen LogP contribution in [0, 0.1) is 6.92 Å². The van der Waals surface area contributed by atoms with Crippen LogP contribution in [0.4, 0.5) is 5.69 Å². The SMILES string of the molecule is Cc1ccc(S(=O)(=O)c2c[nH]c3ccc(Cl)cc23)cc1N1CCN(C(C)(C)C)CC1.